The van der Waals surface area contributed by atoms with Crippen molar-refractivity contribution in [1.29, 1.82) is 0 Å². The topological polar surface area (TPSA) is 49.8 Å². The first-order chi connectivity index (χ1) is 13.6. The first-order valence-electron chi connectivity index (χ1n) is 9.40. The number of anilines is 2. The highest BCUT2D eigenvalue weighted by Crippen LogP contribution is 2.26. The normalized spacial score (nSPS) is 11.7. The minimum atomic E-state index is -0.213. The highest BCUT2D eigenvalue weighted by Gasteiger charge is 2.13. The molecule has 0 amide bonds. The average Bonchev–Trinajstić information content (AvgIpc) is 2.70. The van der Waals surface area contributed by atoms with Crippen LogP contribution in [-0.2, 0) is 6.42 Å². The second-order valence-electron chi connectivity index (χ2n) is 6.69. The molecule has 144 valence electrons. The maximum Gasteiger partial charge on any atom is 0.129 e. The summed E-state index contributed by atoms with van der Waals surface area (Å²) < 4.78 is 14.0. The molecule has 0 spiro atoms. The van der Waals surface area contributed by atoms with Crippen molar-refractivity contribution in [2.45, 2.75) is 26.2 Å². The van der Waals surface area contributed by atoms with Crippen LogP contribution in [0.3, 0.4) is 0 Å². The lowest BCUT2D eigenvalue weighted by Crippen LogP contribution is -2.08. The van der Waals surface area contributed by atoms with Crippen LogP contribution in [0.2, 0.25) is 0 Å². The molecule has 0 saturated carbocycles. The Morgan fingerprint density at radius 1 is 1.11 bits per heavy atom. The Kier molecular flexibility index (Phi) is 6.37. The van der Waals surface area contributed by atoms with Crippen LogP contribution in [0.25, 0.3) is 0 Å². The molecule has 1 heterocycles. The summed E-state index contributed by atoms with van der Waals surface area (Å²) >= 11 is 0. The molecule has 2 aromatic carbocycles. The number of allylic oxidation sites excluding steroid dienone is 1. The van der Waals surface area contributed by atoms with Crippen molar-refractivity contribution in [2.24, 2.45) is 0 Å². The van der Waals surface area contributed by atoms with E-state index in [1.54, 1.807) is 18.5 Å². The van der Waals surface area contributed by atoms with Gasteiger partial charge in [0.15, 0.2) is 0 Å². The van der Waals surface area contributed by atoms with Gasteiger partial charge in [0, 0.05) is 36.3 Å². The molecular formula is C23H25FN4. The Morgan fingerprint density at radius 3 is 2.57 bits per heavy atom. The summed E-state index contributed by atoms with van der Waals surface area (Å²) in [6.07, 6.45) is 2.31. The Labute approximate surface area is 165 Å². The summed E-state index contributed by atoms with van der Waals surface area (Å²) in [7, 11) is 0. The van der Waals surface area contributed by atoms with E-state index in [1.807, 2.05) is 38.1 Å². The number of hydrogen-bond acceptors (Lipinski definition) is 4. The van der Waals surface area contributed by atoms with Gasteiger partial charge in [0.2, 0.25) is 0 Å². The van der Waals surface area contributed by atoms with E-state index in [0.717, 1.165) is 41.4 Å². The van der Waals surface area contributed by atoms with Gasteiger partial charge in [0.05, 0.1) is 5.69 Å². The van der Waals surface area contributed by atoms with Gasteiger partial charge in [0.1, 0.15) is 18.0 Å². The van der Waals surface area contributed by atoms with Crippen LogP contribution in [0, 0.1) is 5.82 Å². The molecule has 5 heteroatoms. The summed E-state index contributed by atoms with van der Waals surface area (Å²) in [5.41, 5.74) is 4.43. The summed E-state index contributed by atoms with van der Waals surface area (Å²) in [6.45, 7) is 8.89. The number of nitrogens with zero attached hydrogens (tertiary/aromatic N) is 2. The molecule has 2 N–H and O–H groups in total. The predicted molar refractivity (Wildman–Crippen MR) is 113 cm³/mol. The van der Waals surface area contributed by atoms with E-state index in [4.69, 9.17) is 0 Å². The van der Waals surface area contributed by atoms with Gasteiger partial charge in [-0.25, -0.2) is 14.4 Å². The van der Waals surface area contributed by atoms with Crippen LogP contribution >= 0.6 is 0 Å². The molecule has 1 unspecified atom stereocenters. The Hall–Kier alpha value is -3.21. The smallest absolute Gasteiger partial charge is 0.129 e. The number of benzene rings is 2. The van der Waals surface area contributed by atoms with Gasteiger partial charge < -0.3 is 10.6 Å². The van der Waals surface area contributed by atoms with E-state index >= 15 is 0 Å². The van der Waals surface area contributed by atoms with Crippen molar-refractivity contribution in [1.82, 2.24) is 9.97 Å². The molecule has 28 heavy (non-hydrogen) atoms. The highest BCUT2D eigenvalue weighted by atomic mass is 19.1. The third-order valence-corrected chi connectivity index (χ3v) is 4.62. The van der Waals surface area contributed by atoms with Gasteiger partial charge in [-0.15, -0.1) is 0 Å². The molecule has 0 fully saturated rings. The van der Waals surface area contributed by atoms with E-state index in [1.165, 1.54) is 6.07 Å². The lowest BCUT2D eigenvalue weighted by Gasteiger charge is -2.18. The molecule has 0 radical (unpaired) electrons. The van der Waals surface area contributed by atoms with Crippen molar-refractivity contribution < 1.29 is 4.39 Å². The van der Waals surface area contributed by atoms with Gasteiger partial charge in [-0.1, -0.05) is 43.8 Å². The van der Waals surface area contributed by atoms with E-state index in [0.29, 0.717) is 5.56 Å². The summed E-state index contributed by atoms with van der Waals surface area (Å²) in [5.74, 6) is 0.491. The molecular weight excluding hydrogens is 351 g/mol. The second kappa shape index (κ2) is 9.13. The minimum Gasteiger partial charge on any atom is -0.370 e. The van der Waals surface area contributed by atoms with Gasteiger partial charge in [-0.2, -0.15) is 0 Å². The molecule has 4 nitrogen and oxygen atoms in total. The van der Waals surface area contributed by atoms with Gasteiger partial charge >= 0.3 is 0 Å². The molecule has 0 aliphatic rings. The number of halogens is 1. The first-order valence-corrected chi connectivity index (χ1v) is 9.40. The largest absolute Gasteiger partial charge is 0.370 e. The zero-order valence-electron chi connectivity index (χ0n) is 16.2. The predicted octanol–water partition coefficient (Wildman–Crippen LogP) is 5.37. The number of hydrogen-bond donors (Lipinski definition) is 2. The zero-order chi connectivity index (χ0) is 19.9. The minimum absolute atomic E-state index is 0.133. The van der Waals surface area contributed by atoms with Gasteiger partial charge in [-0.3, -0.25) is 0 Å². The molecule has 0 bridgehead atoms. The standard InChI is InChI=1S/C23H25FN4/c1-4-25-23-14-20(26-15-27-23)13-18-9-11-19(12-10-18)28-17(3)16(2)21-7-5-6-8-22(21)24/h5-12,14-16,28H,3-4,13H2,1-2H3,(H,25,26,27). The van der Waals surface area contributed by atoms with Crippen LogP contribution in [0.4, 0.5) is 15.9 Å². The van der Waals surface area contributed by atoms with Crippen molar-refractivity contribution >= 4 is 11.5 Å². The average molecular weight is 376 g/mol. The molecule has 0 aliphatic carbocycles. The highest BCUT2D eigenvalue weighted by molar-refractivity contribution is 5.51. The van der Waals surface area contributed by atoms with Crippen molar-refractivity contribution in [3.8, 4) is 0 Å². The number of nitrogens with one attached hydrogen (secondary N) is 2. The van der Waals surface area contributed by atoms with Crippen LogP contribution in [0.5, 0.6) is 0 Å². The van der Waals surface area contributed by atoms with Gasteiger partial charge in [0.25, 0.3) is 0 Å². The number of aromatic nitrogens is 2. The van der Waals surface area contributed by atoms with E-state index in [-0.39, 0.29) is 11.7 Å². The molecule has 3 aromatic rings. The fourth-order valence-electron chi connectivity index (χ4n) is 2.99. The van der Waals surface area contributed by atoms with Crippen LogP contribution in [-0.4, -0.2) is 16.5 Å². The lowest BCUT2D eigenvalue weighted by atomic mass is 9.97. The zero-order valence-corrected chi connectivity index (χ0v) is 16.2. The van der Waals surface area contributed by atoms with Crippen LogP contribution in [0.1, 0.15) is 36.6 Å². The van der Waals surface area contributed by atoms with Crippen molar-refractivity contribution in [2.75, 3.05) is 17.2 Å². The van der Waals surface area contributed by atoms with Crippen molar-refractivity contribution in [3.05, 3.63) is 95.8 Å². The fourth-order valence-corrected chi connectivity index (χ4v) is 2.99. The van der Waals surface area contributed by atoms with E-state index in [9.17, 15) is 4.39 Å². The monoisotopic (exact) mass is 376 g/mol. The second-order valence-corrected chi connectivity index (χ2v) is 6.69. The summed E-state index contributed by atoms with van der Waals surface area (Å²) in [5, 5.41) is 6.48. The number of rotatable bonds is 8. The Balaban J connectivity index is 1.63. The quantitative estimate of drug-likeness (QED) is 0.555. The van der Waals surface area contributed by atoms with Crippen LogP contribution in [0.15, 0.2) is 73.2 Å². The Bertz CT molecular complexity index is 937. The van der Waals surface area contributed by atoms with Gasteiger partial charge in [-0.05, 0) is 36.2 Å². The molecule has 0 saturated heterocycles. The van der Waals surface area contributed by atoms with E-state index < -0.39 is 0 Å². The van der Waals surface area contributed by atoms with Crippen molar-refractivity contribution in [3.63, 3.8) is 0 Å². The Morgan fingerprint density at radius 2 is 1.86 bits per heavy atom. The lowest BCUT2D eigenvalue weighted by molar-refractivity contribution is 0.602. The third-order valence-electron chi connectivity index (χ3n) is 4.62. The fraction of sp³-hybridized carbons (Fsp3) is 0.217. The molecule has 0 aliphatic heterocycles. The van der Waals surface area contributed by atoms with E-state index in [2.05, 4.69) is 39.3 Å². The van der Waals surface area contributed by atoms with Crippen LogP contribution < -0.4 is 10.6 Å². The summed E-state index contributed by atoms with van der Waals surface area (Å²) in [4.78, 5) is 8.53. The third kappa shape index (κ3) is 4.94. The maximum absolute atomic E-state index is 14.0. The SMILES string of the molecule is C=C(Nc1ccc(Cc2cc(NCC)ncn2)cc1)C(C)c1ccccc1F. The molecule has 1 atom stereocenters. The first kappa shape index (κ1) is 19.5. The maximum atomic E-state index is 14.0. The molecule has 3 rings (SSSR count). The molecule has 1 aromatic heterocycles. The summed E-state index contributed by atoms with van der Waals surface area (Å²) in [6, 6.07) is 16.9.